The molecule has 0 spiro atoms. The molecular weight excluding hydrogens is 278 g/mol. The van der Waals surface area contributed by atoms with E-state index in [9.17, 15) is 4.79 Å². The molecule has 5 nitrogen and oxygen atoms in total. The summed E-state index contributed by atoms with van der Waals surface area (Å²) in [5, 5.41) is 3.03. The number of nitrogens with zero attached hydrogens (tertiary/aromatic N) is 2. The fraction of sp³-hybridized carbons (Fsp3) is 0.588. The molecule has 0 aliphatic carbocycles. The topological polar surface area (TPSA) is 44.8 Å². The van der Waals surface area contributed by atoms with Crippen LogP contribution in [0.1, 0.15) is 19.4 Å². The first-order valence-electron chi connectivity index (χ1n) is 7.95. The van der Waals surface area contributed by atoms with Crippen LogP contribution >= 0.6 is 0 Å². The lowest BCUT2D eigenvalue weighted by Crippen LogP contribution is -2.51. The van der Waals surface area contributed by atoms with Crippen LogP contribution in [0.4, 0.5) is 4.79 Å². The van der Waals surface area contributed by atoms with E-state index in [0.717, 1.165) is 6.54 Å². The van der Waals surface area contributed by atoms with Gasteiger partial charge < -0.3 is 15.0 Å². The average Bonchev–Trinajstić information content (AvgIpc) is 2.53. The van der Waals surface area contributed by atoms with Crippen molar-refractivity contribution in [2.75, 3.05) is 33.3 Å². The zero-order valence-electron chi connectivity index (χ0n) is 13.8. The highest BCUT2D eigenvalue weighted by molar-refractivity contribution is 5.74. The van der Waals surface area contributed by atoms with Crippen LogP contribution in [0.5, 0.6) is 0 Å². The van der Waals surface area contributed by atoms with Crippen molar-refractivity contribution in [3.63, 3.8) is 0 Å². The number of rotatable bonds is 5. The third-order valence-electron chi connectivity index (χ3n) is 4.10. The summed E-state index contributed by atoms with van der Waals surface area (Å²) in [5.41, 5.74) is 1.28. The molecule has 5 heteroatoms. The van der Waals surface area contributed by atoms with Gasteiger partial charge in [-0.15, -0.1) is 0 Å². The van der Waals surface area contributed by atoms with Crippen LogP contribution < -0.4 is 5.32 Å². The summed E-state index contributed by atoms with van der Waals surface area (Å²) >= 11 is 0. The summed E-state index contributed by atoms with van der Waals surface area (Å²) in [6, 6.07) is 10.7. The number of carbonyl (C=O) groups excluding carboxylic acids is 1. The minimum absolute atomic E-state index is 0.00936. The Labute approximate surface area is 133 Å². The summed E-state index contributed by atoms with van der Waals surface area (Å²) in [4.78, 5) is 16.2. The molecule has 22 heavy (non-hydrogen) atoms. The lowest BCUT2D eigenvalue weighted by molar-refractivity contribution is -0.00364. The van der Waals surface area contributed by atoms with Gasteiger partial charge in [0, 0.05) is 32.2 Å². The van der Waals surface area contributed by atoms with E-state index in [0.29, 0.717) is 26.2 Å². The van der Waals surface area contributed by atoms with E-state index in [-0.39, 0.29) is 18.2 Å². The van der Waals surface area contributed by atoms with Crippen molar-refractivity contribution in [1.82, 2.24) is 15.1 Å². The van der Waals surface area contributed by atoms with Gasteiger partial charge >= 0.3 is 6.03 Å². The summed E-state index contributed by atoms with van der Waals surface area (Å²) in [7, 11) is 2.08. The minimum atomic E-state index is 0.00936. The third-order valence-corrected chi connectivity index (χ3v) is 4.10. The van der Waals surface area contributed by atoms with Crippen LogP contribution in [0, 0.1) is 0 Å². The zero-order chi connectivity index (χ0) is 15.9. The molecule has 2 rings (SSSR count). The third kappa shape index (κ3) is 5.00. The molecule has 2 amide bonds. The molecule has 0 radical (unpaired) electrons. The standard InChI is InChI=1S/C17H27N3O2/c1-14(19(3)13-16-7-5-4-6-8-16)11-18-17(21)20-9-10-22-15(2)12-20/h4-8,14-15H,9-13H2,1-3H3,(H,18,21)/t14-,15-/m0/s1. The summed E-state index contributed by atoms with van der Waals surface area (Å²) in [6.45, 7) is 7.61. The van der Waals surface area contributed by atoms with E-state index in [4.69, 9.17) is 4.74 Å². The molecule has 1 aromatic carbocycles. The van der Waals surface area contributed by atoms with Crippen LogP contribution in [-0.2, 0) is 11.3 Å². The second-order valence-electron chi connectivity index (χ2n) is 6.06. The second-order valence-corrected chi connectivity index (χ2v) is 6.06. The second kappa shape index (κ2) is 8.15. The van der Waals surface area contributed by atoms with Crippen molar-refractivity contribution in [2.24, 2.45) is 0 Å². The van der Waals surface area contributed by atoms with E-state index >= 15 is 0 Å². The maximum absolute atomic E-state index is 12.2. The van der Waals surface area contributed by atoms with Crippen LogP contribution in [0.3, 0.4) is 0 Å². The van der Waals surface area contributed by atoms with E-state index in [1.807, 2.05) is 17.9 Å². The molecule has 0 unspecified atom stereocenters. The Balaban J connectivity index is 1.74. The quantitative estimate of drug-likeness (QED) is 0.904. The van der Waals surface area contributed by atoms with Gasteiger partial charge in [0.25, 0.3) is 0 Å². The smallest absolute Gasteiger partial charge is 0.317 e. The highest BCUT2D eigenvalue weighted by atomic mass is 16.5. The van der Waals surface area contributed by atoms with Crippen molar-refractivity contribution in [1.29, 1.82) is 0 Å². The van der Waals surface area contributed by atoms with Crippen LogP contribution in [-0.4, -0.2) is 61.3 Å². The number of likely N-dealkylation sites (N-methyl/N-ethyl adjacent to an activating group) is 1. The molecule has 0 saturated carbocycles. The largest absolute Gasteiger partial charge is 0.375 e. The molecule has 1 aliphatic heterocycles. The Hall–Kier alpha value is -1.59. The van der Waals surface area contributed by atoms with Gasteiger partial charge in [-0.1, -0.05) is 30.3 Å². The molecule has 1 aliphatic rings. The summed E-state index contributed by atoms with van der Waals surface area (Å²) in [6.07, 6.45) is 0.123. The van der Waals surface area contributed by atoms with E-state index < -0.39 is 0 Å². The first-order valence-corrected chi connectivity index (χ1v) is 7.95. The van der Waals surface area contributed by atoms with Crippen molar-refractivity contribution in [3.8, 4) is 0 Å². The van der Waals surface area contributed by atoms with Crippen molar-refractivity contribution < 1.29 is 9.53 Å². The van der Waals surface area contributed by atoms with E-state index in [1.165, 1.54) is 5.56 Å². The number of nitrogens with one attached hydrogen (secondary N) is 1. The van der Waals surface area contributed by atoms with Gasteiger partial charge in [0.15, 0.2) is 0 Å². The molecule has 1 fully saturated rings. The summed E-state index contributed by atoms with van der Waals surface area (Å²) < 4.78 is 5.46. The van der Waals surface area contributed by atoms with E-state index in [2.05, 4.69) is 48.5 Å². The van der Waals surface area contributed by atoms with Gasteiger partial charge in [-0.25, -0.2) is 4.79 Å². The van der Waals surface area contributed by atoms with Gasteiger partial charge in [-0.2, -0.15) is 0 Å². The van der Waals surface area contributed by atoms with Crippen LogP contribution in [0.25, 0.3) is 0 Å². The van der Waals surface area contributed by atoms with Gasteiger partial charge in [-0.3, -0.25) is 4.90 Å². The Morgan fingerprint density at radius 1 is 1.45 bits per heavy atom. The fourth-order valence-corrected chi connectivity index (χ4v) is 2.53. The first kappa shape index (κ1) is 16.8. The minimum Gasteiger partial charge on any atom is -0.375 e. The number of hydrogen-bond donors (Lipinski definition) is 1. The molecule has 0 aromatic heterocycles. The highest BCUT2D eigenvalue weighted by Crippen LogP contribution is 2.07. The fourth-order valence-electron chi connectivity index (χ4n) is 2.53. The average molecular weight is 305 g/mol. The lowest BCUT2D eigenvalue weighted by atomic mass is 10.2. The molecule has 2 atom stereocenters. The SMILES string of the molecule is C[C@H]1CN(C(=O)NC[C@H](C)N(C)Cc2ccccc2)CCO1. The number of hydrogen-bond acceptors (Lipinski definition) is 3. The number of ether oxygens (including phenoxy) is 1. The Morgan fingerprint density at radius 3 is 2.86 bits per heavy atom. The van der Waals surface area contributed by atoms with Crippen molar-refractivity contribution in [3.05, 3.63) is 35.9 Å². The molecular formula is C17H27N3O2. The highest BCUT2D eigenvalue weighted by Gasteiger charge is 2.21. The summed E-state index contributed by atoms with van der Waals surface area (Å²) in [5.74, 6) is 0. The zero-order valence-corrected chi connectivity index (χ0v) is 13.8. The molecule has 122 valence electrons. The van der Waals surface area contributed by atoms with Crippen molar-refractivity contribution >= 4 is 6.03 Å². The Bertz CT molecular complexity index is 466. The first-order chi connectivity index (χ1) is 10.6. The number of amides is 2. The van der Waals surface area contributed by atoms with Gasteiger partial charge in [0.05, 0.1) is 12.7 Å². The van der Waals surface area contributed by atoms with Gasteiger partial charge in [0.1, 0.15) is 0 Å². The van der Waals surface area contributed by atoms with Crippen LogP contribution in [0.15, 0.2) is 30.3 Å². The molecule has 1 aromatic rings. The monoisotopic (exact) mass is 305 g/mol. The molecule has 1 N–H and O–H groups in total. The van der Waals surface area contributed by atoms with Gasteiger partial charge in [0.2, 0.25) is 0 Å². The van der Waals surface area contributed by atoms with Crippen LogP contribution in [0.2, 0.25) is 0 Å². The number of morpholine rings is 1. The Morgan fingerprint density at radius 2 is 2.18 bits per heavy atom. The number of carbonyl (C=O) groups is 1. The maximum atomic E-state index is 12.2. The number of urea groups is 1. The Kier molecular flexibility index (Phi) is 6.21. The van der Waals surface area contributed by atoms with E-state index in [1.54, 1.807) is 0 Å². The predicted octanol–water partition coefficient (Wildman–Crippen LogP) is 1.94. The maximum Gasteiger partial charge on any atom is 0.317 e. The molecule has 0 bridgehead atoms. The lowest BCUT2D eigenvalue weighted by Gasteiger charge is -2.32. The predicted molar refractivity (Wildman–Crippen MR) is 87.8 cm³/mol. The van der Waals surface area contributed by atoms with Gasteiger partial charge in [-0.05, 0) is 26.5 Å². The normalized spacial score (nSPS) is 20.0. The molecule has 1 heterocycles. The molecule has 1 saturated heterocycles. The van der Waals surface area contributed by atoms with Crippen molar-refractivity contribution in [2.45, 2.75) is 32.5 Å². The number of benzene rings is 1.